The van der Waals surface area contributed by atoms with Crippen molar-refractivity contribution in [2.24, 2.45) is 0 Å². The van der Waals surface area contributed by atoms with Gasteiger partial charge in [0, 0.05) is 16.8 Å². The largest absolute Gasteiger partial charge is 0.387 e. The Kier molecular flexibility index (Phi) is 4.47. The molecule has 1 unspecified atom stereocenters. The number of aliphatic hydroxyl groups excluding tert-OH is 1. The molecule has 1 atom stereocenters. The summed E-state index contributed by atoms with van der Waals surface area (Å²) in [6.07, 6.45) is -0.868. The average molecular weight is 380 g/mol. The zero-order chi connectivity index (χ0) is 19.0. The van der Waals surface area contributed by atoms with Gasteiger partial charge >= 0.3 is 0 Å². The number of thiophene rings is 1. The van der Waals surface area contributed by atoms with Gasteiger partial charge in [-0.05, 0) is 29.0 Å². The number of imide groups is 1. The molecule has 2 N–H and O–H groups in total. The van der Waals surface area contributed by atoms with E-state index < -0.39 is 23.8 Å². The third kappa shape index (κ3) is 3.11. The maximum atomic E-state index is 12.3. The smallest absolute Gasteiger partial charge is 0.262 e. The van der Waals surface area contributed by atoms with E-state index >= 15 is 0 Å². The first-order chi connectivity index (χ1) is 13.1. The Labute approximate surface area is 159 Å². The number of nitrogens with one attached hydrogen (secondary N) is 1. The van der Waals surface area contributed by atoms with Gasteiger partial charge in [0.1, 0.15) is 6.54 Å². The van der Waals surface area contributed by atoms with Crippen molar-refractivity contribution in [2.75, 3.05) is 13.1 Å². The molecule has 1 aliphatic rings. The van der Waals surface area contributed by atoms with E-state index in [1.54, 1.807) is 24.3 Å². The van der Waals surface area contributed by atoms with Crippen molar-refractivity contribution in [1.82, 2.24) is 10.2 Å². The van der Waals surface area contributed by atoms with E-state index in [1.165, 1.54) is 11.3 Å². The molecule has 0 bridgehead atoms. The maximum Gasteiger partial charge on any atom is 0.262 e. The molecule has 0 saturated heterocycles. The molecular formula is C20H16N2O4S. The van der Waals surface area contributed by atoms with Crippen LogP contribution in [0.1, 0.15) is 32.4 Å². The first kappa shape index (κ1) is 17.4. The third-order valence-corrected chi connectivity index (χ3v) is 5.52. The van der Waals surface area contributed by atoms with Crippen LogP contribution < -0.4 is 5.32 Å². The lowest BCUT2D eigenvalue weighted by Gasteiger charge is -2.15. The molecule has 4 rings (SSSR count). The normalized spacial score (nSPS) is 14.5. The quantitative estimate of drug-likeness (QED) is 0.665. The van der Waals surface area contributed by atoms with Crippen molar-refractivity contribution >= 4 is 39.1 Å². The van der Waals surface area contributed by atoms with Crippen LogP contribution in [-0.2, 0) is 4.79 Å². The first-order valence-electron chi connectivity index (χ1n) is 8.42. The highest BCUT2D eigenvalue weighted by Crippen LogP contribution is 2.30. The van der Waals surface area contributed by atoms with Crippen molar-refractivity contribution in [2.45, 2.75) is 6.10 Å². The van der Waals surface area contributed by atoms with E-state index in [-0.39, 0.29) is 13.1 Å². The zero-order valence-corrected chi connectivity index (χ0v) is 15.0. The summed E-state index contributed by atoms with van der Waals surface area (Å²) in [6.45, 7) is -0.369. The lowest BCUT2D eigenvalue weighted by Crippen LogP contribution is -2.41. The van der Waals surface area contributed by atoms with Gasteiger partial charge in [-0.25, -0.2) is 0 Å². The third-order valence-electron chi connectivity index (χ3n) is 4.54. The monoisotopic (exact) mass is 380 g/mol. The summed E-state index contributed by atoms with van der Waals surface area (Å²) < 4.78 is 1.06. The van der Waals surface area contributed by atoms with Crippen LogP contribution in [0.3, 0.4) is 0 Å². The second-order valence-corrected chi connectivity index (χ2v) is 7.16. The van der Waals surface area contributed by atoms with Crippen molar-refractivity contribution in [3.8, 4) is 0 Å². The summed E-state index contributed by atoms with van der Waals surface area (Å²) in [5, 5.41) is 15.8. The molecule has 1 aromatic heterocycles. The van der Waals surface area contributed by atoms with Crippen LogP contribution >= 0.6 is 11.3 Å². The van der Waals surface area contributed by atoms with Gasteiger partial charge in [-0.1, -0.05) is 30.3 Å². The number of amides is 3. The van der Waals surface area contributed by atoms with Crippen molar-refractivity contribution in [3.05, 3.63) is 70.6 Å². The standard InChI is InChI=1S/C20H16N2O4S/c23-16(15-11-27-17-8-4-3-5-12(15)17)9-21-18(24)10-22-19(25)13-6-1-2-7-14(13)20(22)26/h1-8,11,16,23H,9-10H2,(H,21,24). The number of benzene rings is 2. The molecule has 2 heterocycles. The number of carbonyl (C=O) groups excluding carboxylic acids is 3. The second kappa shape index (κ2) is 6.94. The fraction of sp³-hybridized carbons (Fsp3) is 0.150. The summed E-state index contributed by atoms with van der Waals surface area (Å²) >= 11 is 1.53. The molecular weight excluding hydrogens is 364 g/mol. The molecule has 7 heteroatoms. The molecule has 0 radical (unpaired) electrons. The van der Waals surface area contributed by atoms with E-state index in [0.29, 0.717) is 11.1 Å². The van der Waals surface area contributed by atoms with Gasteiger partial charge in [-0.15, -0.1) is 11.3 Å². The minimum Gasteiger partial charge on any atom is -0.387 e. The highest BCUT2D eigenvalue weighted by molar-refractivity contribution is 7.17. The van der Waals surface area contributed by atoms with E-state index in [4.69, 9.17) is 0 Å². The highest BCUT2D eigenvalue weighted by atomic mass is 32.1. The SMILES string of the molecule is O=C(CN1C(=O)c2ccccc2C1=O)NCC(O)c1csc2ccccc12. The van der Waals surface area contributed by atoms with Crippen LogP contribution in [-0.4, -0.2) is 40.8 Å². The fourth-order valence-electron chi connectivity index (χ4n) is 3.16. The minimum atomic E-state index is -0.868. The molecule has 2 aromatic carbocycles. The highest BCUT2D eigenvalue weighted by Gasteiger charge is 2.36. The Morgan fingerprint density at radius 3 is 2.37 bits per heavy atom. The van der Waals surface area contributed by atoms with Gasteiger partial charge < -0.3 is 10.4 Å². The summed E-state index contributed by atoms with van der Waals surface area (Å²) in [5.74, 6) is -1.45. The lowest BCUT2D eigenvalue weighted by molar-refractivity contribution is -0.121. The topological polar surface area (TPSA) is 86.7 Å². The molecule has 1 aliphatic heterocycles. The van der Waals surface area contributed by atoms with Crippen LogP contribution in [0.25, 0.3) is 10.1 Å². The molecule has 0 saturated carbocycles. The molecule has 6 nitrogen and oxygen atoms in total. The number of aliphatic hydroxyl groups is 1. The minimum absolute atomic E-state index is 0.00271. The van der Waals surface area contributed by atoms with E-state index in [2.05, 4.69) is 5.32 Å². The van der Waals surface area contributed by atoms with Gasteiger partial charge in [0.2, 0.25) is 5.91 Å². The van der Waals surface area contributed by atoms with Crippen LogP contribution in [0.5, 0.6) is 0 Å². The zero-order valence-electron chi connectivity index (χ0n) is 14.2. The van der Waals surface area contributed by atoms with Gasteiger partial charge in [-0.3, -0.25) is 19.3 Å². The van der Waals surface area contributed by atoms with Gasteiger partial charge in [-0.2, -0.15) is 0 Å². The molecule has 0 spiro atoms. The number of nitrogens with zero attached hydrogens (tertiary/aromatic N) is 1. The molecule has 0 fully saturated rings. The van der Waals surface area contributed by atoms with Crippen LogP contribution in [0, 0.1) is 0 Å². The maximum absolute atomic E-state index is 12.3. The molecule has 3 aromatic rings. The number of hydrogen-bond acceptors (Lipinski definition) is 5. The van der Waals surface area contributed by atoms with Crippen molar-refractivity contribution in [3.63, 3.8) is 0 Å². The Morgan fingerprint density at radius 2 is 1.67 bits per heavy atom. The predicted molar refractivity (Wildman–Crippen MR) is 102 cm³/mol. The first-order valence-corrected chi connectivity index (χ1v) is 9.30. The Bertz CT molecular complexity index is 1020. The summed E-state index contributed by atoms with van der Waals surface area (Å²) in [6, 6.07) is 14.2. The molecule has 27 heavy (non-hydrogen) atoms. The van der Waals surface area contributed by atoms with E-state index in [1.807, 2.05) is 29.6 Å². The fourth-order valence-corrected chi connectivity index (χ4v) is 4.17. The van der Waals surface area contributed by atoms with Gasteiger partial charge in [0.15, 0.2) is 0 Å². The van der Waals surface area contributed by atoms with Crippen molar-refractivity contribution < 1.29 is 19.5 Å². The number of carbonyl (C=O) groups is 3. The Hall–Kier alpha value is -3.03. The predicted octanol–water partition coefficient (Wildman–Crippen LogP) is 2.35. The molecule has 136 valence electrons. The molecule has 0 aliphatic carbocycles. The second-order valence-electron chi connectivity index (χ2n) is 6.25. The van der Waals surface area contributed by atoms with E-state index in [0.717, 1.165) is 20.5 Å². The summed E-state index contributed by atoms with van der Waals surface area (Å²) in [7, 11) is 0. The van der Waals surface area contributed by atoms with Gasteiger partial charge in [0.05, 0.1) is 17.2 Å². The van der Waals surface area contributed by atoms with Crippen LogP contribution in [0.2, 0.25) is 0 Å². The Morgan fingerprint density at radius 1 is 1.04 bits per heavy atom. The van der Waals surface area contributed by atoms with Crippen LogP contribution in [0.4, 0.5) is 0 Å². The lowest BCUT2D eigenvalue weighted by atomic mass is 10.1. The molecule has 3 amide bonds. The average Bonchev–Trinajstić information content (AvgIpc) is 3.22. The van der Waals surface area contributed by atoms with Crippen LogP contribution in [0.15, 0.2) is 53.9 Å². The number of hydrogen-bond donors (Lipinski definition) is 2. The van der Waals surface area contributed by atoms with E-state index in [9.17, 15) is 19.5 Å². The summed E-state index contributed by atoms with van der Waals surface area (Å²) in [4.78, 5) is 37.7. The number of rotatable bonds is 5. The van der Waals surface area contributed by atoms with Crippen molar-refractivity contribution in [1.29, 1.82) is 0 Å². The Balaban J connectivity index is 1.39. The van der Waals surface area contributed by atoms with Gasteiger partial charge in [0.25, 0.3) is 11.8 Å². The number of fused-ring (bicyclic) bond motifs is 2. The summed E-state index contributed by atoms with van der Waals surface area (Å²) in [5.41, 5.74) is 1.36.